The standard InChI is InChI=1S/C15H22N2O/c1-15(2,3)16-9-12-10-17(11-18-4)14-8-6-5-7-13(12)14/h5-8,10,16H,9,11H2,1-4H3. The van der Waals surface area contributed by atoms with Crippen LogP contribution >= 0.6 is 0 Å². The first-order valence-electron chi connectivity index (χ1n) is 6.32. The average molecular weight is 246 g/mol. The molecule has 3 nitrogen and oxygen atoms in total. The van der Waals surface area contributed by atoms with E-state index in [0.29, 0.717) is 6.73 Å². The summed E-state index contributed by atoms with van der Waals surface area (Å²) in [5, 5.41) is 4.83. The molecule has 0 atom stereocenters. The Morgan fingerprint density at radius 1 is 1.22 bits per heavy atom. The molecule has 0 fully saturated rings. The lowest BCUT2D eigenvalue weighted by Crippen LogP contribution is -2.34. The van der Waals surface area contributed by atoms with Crippen LogP contribution in [0.15, 0.2) is 30.5 Å². The van der Waals surface area contributed by atoms with Gasteiger partial charge in [0, 0.05) is 30.8 Å². The van der Waals surface area contributed by atoms with E-state index in [1.54, 1.807) is 7.11 Å². The second kappa shape index (κ2) is 5.12. The smallest absolute Gasteiger partial charge is 0.122 e. The number of fused-ring (bicyclic) bond motifs is 1. The van der Waals surface area contributed by atoms with Gasteiger partial charge < -0.3 is 14.6 Å². The zero-order valence-electron chi connectivity index (χ0n) is 11.7. The van der Waals surface area contributed by atoms with Gasteiger partial charge in [-0.25, -0.2) is 0 Å². The van der Waals surface area contributed by atoms with E-state index in [-0.39, 0.29) is 5.54 Å². The van der Waals surface area contributed by atoms with Gasteiger partial charge in [0.25, 0.3) is 0 Å². The van der Waals surface area contributed by atoms with Crippen molar-refractivity contribution in [2.24, 2.45) is 0 Å². The Balaban J connectivity index is 2.32. The van der Waals surface area contributed by atoms with Crippen molar-refractivity contribution in [1.82, 2.24) is 9.88 Å². The number of ether oxygens (including phenoxy) is 1. The molecule has 0 radical (unpaired) electrons. The first-order valence-corrected chi connectivity index (χ1v) is 6.32. The van der Waals surface area contributed by atoms with Crippen molar-refractivity contribution < 1.29 is 4.74 Å². The van der Waals surface area contributed by atoms with Crippen LogP contribution in [0.1, 0.15) is 26.3 Å². The molecule has 0 bridgehead atoms. The summed E-state index contributed by atoms with van der Waals surface area (Å²) in [6.07, 6.45) is 2.17. The third kappa shape index (κ3) is 2.92. The quantitative estimate of drug-likeness (QED) is 0.897. The number of nitrogens with one attached hydrogen (secondary N) is 1. The van der Waals surface area contributed by atoms with E-state index < -0.39 is 0 Å². The van der Waals surface area contributed by atoms with Crippen LogP contribution in [0, 0.1) is 0 Å². The third-order valence-corrected chi connectivity index (χ3v) is 2.95. The molecule has 2 rings (SSSR count). The number of hydrogen-bond donors (Lipinski definition) is 1. The van der Waals surface area contributed by atoms with Gasteiger partial charge in [-0.2, -0.15) is 0 Å². The third-order valence-electron chi connectivity index (χ3n) is 2.95. The highest BCUT2D eigenvalue weighted by Gasteiger charge is 2.12. The molecule has 18 heavy (non-hydrogen) atoms. The van der Waals surface area contributed by atoms with Gasteiger partial charge in [0.05, 0.1) is 5.52 Å². The molecule has 1 heterocycles. The zero-order valence-corrected chi connectivity index (χ0v) is 11.7. The van der Waals surface area contributed by atoms with E-state index in [1.807, 2.05) is 0 Å². The van der Waals surface area contributed by atoms with E-state index in [1.165, 1.54) is 16.5 Å². The topological polar surface area (TPSA) is 26.2 Å². The van der Waals surface area contributed by atoms with Crippen LogP contribution in [0.5, 0.6) is 0 Å². The fourth-order valence-corrected chi connectivity index (χ4v) is 2.07. The van der Waals surface area contributed by atoms with Crippen LogP contribution in [-0.4, -0.2) is 17.2 Å². The van der Waals surface area contributed by atoms with Crippen LogP contribution in [0.25, 0.3) is 10.9 Å². The summed E-state index contributed by atoms with van der Waals surface area (Å²) in [6.45, 7) is 8.01. The molecule has 0 amide bonds. The molecule has 3 heteroatoms. The van der Waals surface area contributed by atoms with Gasteiger partial charge in [0.2, 0.25) is 0 Å². The van der Waals surface area contributed by atoms with Crippen molar-refractivity contribution in [3.8, 4) is 0 Å². The Kier molecular flexibility index (Phi) is 3.73. The van der Waals surface area contributed by atoms with Gasteiger partial charge in [-0.05, 0) is 32.4 Å². The molecule has 0 saturated carbocycles. The Labute approximate surface area is 109 Å². The number of hydrogen-bond acceptors (Lipinski definition) is 2. The highest BCUT2D eigenvalue weighted by Crippen LogP contribution is 2.21. The van der Waals surface area contributed by atoms with Gasteiger partial charge in [0.15, 0.2) is 0 Å². The summed E-state index contributed by atoms with van der Waals surface area (Å²) < 4.78 is 7.39. The van der Waals surface area contributed by atoms with Gasteiger partial charge >= 0.3 is 0 Å². The number of nitrogens with zero attached hydrogens (tertiary/aromatic N) is 1. The van der Waals surface area contributed by atoms with E-state index in [4.69, 9.17) is 4.74 Å². The van der Waals surface area contributed by atoms with Crippen molar-refractivity contribution >= 4 is 10.9 Å². The Morgan fingerprint density at radius 3 is 2.61 bits per heavy atom. The number of para-hydroxylation sites is 1. The summed E-state index contributed by atoms with van der Waals surface area (Å²) in [5.74, 6) is 0. The molecule has 2 aromatic rings. The molecule has 0 saturated heterocycles. The van der Waals surface area contributed by atoms with E-state index in [0.717, 1.165) is 6.54 Å². The Morgan fingerprint density at radius 2 is 1.94 bits per heavy atom. The normalized spacial score (nSPS) is 12.2. The maximum Gasteiger partial charge on any atom is 0.122 e. The van der Waals surface area contributed by atoms with Crippen LogP contribution in [0.2, 0.25) is 0 Å². The summed E-state index contributed by atoms with van der Waals surface area (Å²) in [6, 6.07) is 8.45. The van der Waals surface area contributed by atoms with Crippen molar-refractivity contribution in [2.45, 2.75) is 39.6 Å². The number of benzene rings is 1. The minimum Gasteiger partial charge on any atom is -0.364 e. The molecular weight excluding hydrogens is 224 g/mol. The Hall–Kier alpha value is -1.32. The van der Waals surface area contributed by atoms with Crippen LogP contribution in [-0.2, 0) is 18.0 Å². The predicted octanol–water partition coefficient (Wildman–Crippen LogP) is 3.13. The number of rotatable bonds is 4. The maximum absolute atomic E-state index is 5.24. The van der Waals surface area contributed by atoms with Crippen LogP contribution < -0.4 is 5.32 Å². The Bertz CT molecular complexity index is 523. The lowest BCUT2D eigenvalue weighted by atomic mass is 10.1. The SMILES string of the molecule is COCn1cc(CNC(C)(C)C)c2ccccc21. The highest BCUT2D eigenvalue weighted by molar-refractivity contribution is 5.83. The predicted molar refractivity (Wildman–Crippen MR) is 75.5 cm³/mol. The lowest BCUT2D eigenvalue weighted by Gasteiger charge is -2.20. The summed E-state index contributed by atoms with van der Waals surface area (Å²) in [7, 11) is 1.72. The molecular formula is C15H22N2O. The maximum atomic E-state index is 5.24. The van der Waals surface area contributed by atoms with Gasteiger partial charge in [-0.3, -0.25) is 0 Å². The second-order valence-electron chi connectivity index (χ2n) is 5.66. The zero-order chi connectivity index (χ0) is 13.2. The minimum atomic E-state index is 0.129. The fraction of sp³-hybridized carbons (Fsp3) is 0.467. The first-order chi connectivity index (χ1) is 8.51. The molecule has 0 aliphatic rings. The fourth-order valence-electron chi connectivity index (χ4n) is 2.07. The molecule has 0 aliphatic heterocycles. The van der Waals surface area contributed by atoms with E-state index >= 15 is 0 Å². The molecule has 1 aromatic carbocycles. The van der Waals surface area contributed by atoms with Gasteiger partial charge in [0.1, 0.15) is 6.73 Å². The molecule has 98 valence electrons. The van der Waals surface area contributed by atoms with Crippen LogP contribution in [0.3, 0.4) is 0 Å². The lowest BCUT2D eigenvalue weighted by molar-refractivity contribution is 0.134. The highest BCUT2D eigenvalue weighted by atomic mass is 16.5. The second-order valence-corrected chi connectivity index (χ2v) is 5.66. The molecule has 1 N–H and O–H groups in total. The molecule has 0 unspecified atom stereocenters. The first kappa shape index (κ1) is 13.1. The van der Waals surface area contributed by atoms with Gasteiger partial charge in [-0.1, -0.05) is 18.2 Å². The van der Waals surface area contributed by atoms with Crippen molar-refractivity contribution in [2.75, 3.05) is 7.11 Å². The molecule has 1 aromatic heterocycles. The number of methoxy groups -OCH3 is 1. The number of aromatic nitrogens is 1. The summed E-state index contributed by atoms with van der Waals surface area (Å²) >= 11 is 0. The minimum absolute atomic E-state index is 0.129. The molecule has 0 aliphatic carbocycles. The monoisotopic (exact) mass is 246 g/mol. The average Bonchev–Trinajstić information content (AvgIpc) is 2.65. The van der Waals surface area contributed by atoms with E-state index in [9.17, 15) is 0 Å². The van der Waals surface area contributed by atoms with Crippen molar-refractivity contribution in [1.29, 1.82) is 0 Å². The van der Waals surface area contributed by atoms with Crippen LogP contribution in [0.4, 0.5) is 0 Å². The molecule has 0 spiro atoms. The summed E-state index contributed by atoms with van der Waals surface area (Å²) in [5.41, 5.74) is 2.67. The van der Waals surface area contributed by atoms with Crippen molar-refractivity contribution in [3.63, 3.8) is 0 Å². The van der Waals surface area contributed by atoms with Crippen molar-refractivity contribution in [3.05, 3.63) is 36.0 Å². The van der Waals surface area contributed by atoms with Gasteiger partial charge in [-0.15, -0.1) is 0 Å². The van der Waals surface area contributed by atoms with E-state index in [2.05, 4.69) is 61.1 Å². The summed E-state index contributed by atoms with van der Waals surface area (Å²) in [4.78, 5) is 0. The largest absolute Gasteiger partial charge is 0.364 e.